The molecule has 1 amide bonds. The molecule has 4 aromatic rings. The first kappa shape index (κ1) is 21.8. The lowest BCUT2D eigenvalue weighted by Crippen LogP contribution is -2.15. The minimum atomic E-state index is -0.233. The van der Waals surface area contributed by atoms with Crippen molar-refractivity contribution in [3.05, 3.63) is 59.8 Å². The van der Waals surface area contributed by atoms with E-state index >= 15 is 0 Å². The van der Waals surface area contributed by atoms with Gasteiger partial charge in [0.05, 0.1) is 23.6 Å². The molecular weight excluding hydrogens is 424 g/mol. The zero-order valence-corrected chi connectivity index (χ0v) is 19.2. The topological polar surface area (TPSA) is 78.3 Å². The molecule has 4 rings (SSSR count). The molecule has 7 nitrogen and oxygen atoms in total. The van der Waals surface area contributed by atoms with Gasteiger partial charge in [0, 0.05) is 11.6 Å². The molecule has 1 N–H and O–H groups in total. The predicted molar refractivity (Wildman–Crippen MR) is 127 cm³/mol. The third kappa shape index (κ3) is 4.75. The summed E-state index contributed by atoms with van der Waals surface area (Å²) < 4.78 is 14.1. The number of carbonyl (C=O) groups is 1. The van der Waals surface area contributed by atoms with Gasteiger partial charge >= 0.3 is 0 Å². The lowest BCUT2D eigenvalue weighted by atomic mass is 10.2. The highest BCUT2D eigenvalue weighted by Crippen LogP contribution is 2.32. The lowest BCUT2D eigenvalue weighted by molar-refractivity contribution is 0.102. The summed E-state index contributed by atoms with van der Waals surface area (Å²) in [5.74, 6) is 1.75. The number of amides is 1. The van der Waals surface area contributed by atoms with E-state index in [2.05, 4.69) is 17.3 Å². The Kier molecular flexibility index (Phi) is 6.70. The molecule has 166 valence electrons. The van der Waals surface area contributed by atoms with Crippen LogP contribution in [0.1, 0.15) is 42.7 Å². The van der Waals surface area contributed by atoms with Crippen LogP contribution in [0.3, 0.4) is 0 Å². The van der Waals surface area contributed by atoms with Gasteiger partial charge in [-0.05, 0) is 50.6 Å². The van der Waals surface area contributed by atoms with Crippen LogP contribution >= 0.6 is 11.3 Å². The second-order valence-electron chi connectivity index (χ2n) is 7.30. The van der Waals surface area contributed by atoms with Crippen LogP contribution in [0.5, 0.6) is 11.5 Å². The molecule has 0 spiro atoms. The summed E-state index contributed by atoms with van der Waals surface area (Å²) >= 11 is 1.49. The smallest absolute Gasteiger partial charge is 0.256 e. The molecule has 0 saturated heterocycles. The molecule has 2 heterocycles. The summed E-state index contributed by atoms with van der Waals surface area (Å²) in [6.45, 7) is 7.14. The highest BCUT2D eigenvalue weighted by atomic mass is 32.1. The van der Waals surface area contributed by atoms with E-state index in [0.717, 1.165) is 34.5 Å². The number of aryl methyl sites for hydroxylation is 1. The number of anilines is 1. The second-order valence-corrected chi connectivity index (χ2v) is 8.31. The Morgan fingerprint density at radius 2 is 1.97 bits per heavy atom. The molecule has 0 atom stereocenters. The van der Waals surface area contributed by atoms with Crippen molar-refractivity contribution in [3.63, 3.8) is 0 Å². The van der Waals surface area contributed by atoms with Crippen molar-refractivity contribution < 1.29 is 14.3 Å². The van der Waals surface area contributed by atoms with E-state index in [9.17, 15) is 4.79 Å². The maximum Gasteiger partial charge on any atom is 0.256 e. The van der Waals surface area contributed by atoms with E-state index in [-0.39, 0.29) is 5.91 Å². The summed E-state index contributed by atoms with van der Waals surface area (Å²) in [6.07, 6.45) is 2.03. The molecule has 2 aromatic heterocycles. The molecule has 0 unspecified atom stereocenters. The third-order valence-corrected chi connectivity index (χ3v) is 5.78. The first-order valence-electron chi connectivity index (χ1n) is 10.7. The normalized spacial score (nSPS) is 11.0. The quantitative estimate of drug-likeness (QED) is 0.335. The number of aromatic nitrogens is 3. The molecule has 0 aliphatic rings. The molecule has 32 heavy (non-hydrogen) atoms. The van der Waals surface area contributed by atoms with Crippen molar-refractivity contribution in [2.24, 2.45) is 0 Å². The van der Waals surface area contributed by atoms with Gasteiger partial charge in [0.15, 0.2) is 0 Å². The number of nitrogens with zero attached hydrogens (tertiary/aromatic N) is 3. The fourth-order valence-electron chi connectivity index (χ4n) is 3.26. The van der Waals surface area contributed by atoms with Crippen LogP contribution in [0.25, 0.3) is 15.3 Å². The van der Waals surface area contributed by atoms with Crippen LogP contribution in [-0.4, -0.2) is 33.9 Å². The van der Waals surface area contributed by atoms with E-state index in [0.29, 0.717) is 35.5 Å². The average molecular weight is 451 g/mol. The van der Waals surface area contributed by atoms with Gasteiger partial charge in [-0.25, -0.2) is 4.98 Å². The number of ether oxygens (including phenoxy) is 2. The number of benzene rings is 2. The monoisotopic (exact) mass is 450 g/mol. The van der Waals surface area contributed by atoms with E-state index in [1.165, 1.54) is 11.3 Å². The molecule has 2 aromatic carbocycles. The number of nitrogens with one attached hydrogen (secondary N) is 1. The van der Waals surface area contributed by atoms with Crippen molar-refractivity contribution in [2.45, 2.75) is 33.6 Å². The van der Waals surface area contributed by atoms with Gasteiger partial charge in [-0.15, -0.1) is 0 Å². The SMILES string of the molecule is CCCCOc1cccc(C(=O)Nc2cc(C)nn2-c2nc3c(OCC)cccc3s2)c1. The maximum absolute atomic E-state index is 13.0. The van der Waals surface area contributed by atoms with Gasteiger partial charge in [0.1, 0.15) is 22.8 Å². The first-order chi connectivity index (χ1) is 15.6. The Bertz CT molecular complexity index is 1230. The Morgan fingerprint density at radius 1 is 1.12 bits per heavy atom. The Morgan fingerprint density at radius 3 is 2.78 bits per heavy atom. The summed E-state index contributed by atoms with van der Waals surface area (Å²) in [6, 6.07) is 14.9. The van der Waals surface area contributed by atoms with Crippen LogP contribution in [0, 0.1) is 6.92 Å². The zero-order valence-electron chi connectivity index (χ0n) is 18.4. The minimum Gasteiger partial charge on any atom is -0.494 e. The van der Waals surface area contributed by atoms with Crippen molar-refractivity contribution in [3.8, 4) is 16.6 Å². The van der Waals surface area contributed by atoms with Gasteiger partial charge in [-0.3, -0.25) is 4.79 Å². The minimum absolute atomic E-state index is 0.233. The number of hydrogen-bond donors (Lipinski definition) is 1. The largest absolute Gasteiger partial charge is 0.494 e. The summed E-state index contributed by atoms with van der Waals surface area (Å²) in [5.41, 5.74) is 2.09. The second kappa shape index (κ2) is 9.82. The maximum atomic E-state index is 13.0. The van der Waals surface area contributed by atoms with Crippen molar-refractivity contribution in [2.75, 3.05) is 18.5 Å². The standard InChI is InChI=1S/C24H26N4O3S/c1-4-6-13-31-18-10-7-9-17(15-18)23(29)25-21-14-16(3)27-28(21)24-26-22-19(30-5-2)11-8-12-20(22)32-24/h7-12,14-15H,4-6,13H2,1-3H3,(H,25,29). The number of hydrogen-bond acceptors (Lipinski definition) is 6. The number of unbranched alkanes of at least 4 members (excludes halogenated alkanes) is 1. The summed E-state index contributed by atoms with van der Waals surface area (Å²) in [7, 11) is 0. The molecular formula is C24H26N4O3S. The van der Waals surface area contributed by atoms with Crippen LogP contribution in [0.15, 0.2) is 48.5 Å². The Labute approximate surface area is 191 Å². The van der Waals surface area contributed by atoms with Crippen LogP contribution in [0.2, 0.25) is 0 Å². The van der Waals surface area contributed by atoms with Crippen molar-refractivity contribution in [1.82, 2.24) is 14.8 Å². The van der Waals surface area contributed by atoms with Crippen molar-refractivity contribution >= 4 is 33.3 Å². The van der Waals surface area contributed by atoms with E-state index < -0.39 is 0 Å². The number of fused-ring (bicyclic) bond motifs is 1. The van der Waals surface area contributed by atoms with Gasteiger partial charge in [-0.2, -0.15) is 9.78 Å². The molecule has 0 aliphatic heterocycles. The highest BCUT2D eigenvalue weighted by molar-refractivity contribution is 7.20. The fraction of sp³-hybridized carbons (Fsp3) is 0.292. The van der Waals surface area contributed by atoms with E-state index in [1.807, 2.05) is 50.2 Å². The zero-order chi connectivity index (χ0) is 22.5. The van der Waals surface area contributed by atoms with Gasteiger partial charge < -0.3 is 14.8 Å². The number of carbonyl (C=O) groups excluding carboxylic acids is 1. The summed E-state index contributed by atoms with van der Waals surface area (Å²) in [5, 5.41) is 8.18. The Hall–Kier alpha value is -3.39. The van der Waals surface area contributed by atoms with E-state index in [1.54, 1.807) is 16.8 Å². The molecule has 0 aliphatic carbocycles. The van der Waals surface area contributed by atoms with E-state index in [4.69, 9.17) is 14.5 Å². The lowest BCUT2D eigenvalue weighted by Gasteiger charge is -2.09. The van der Waals surface area contributed by atoms with Crippen molar-refractivity contribution in [1.29, 1.82) is 0 Å². The van der Waals surface area contributed by atoms with Crippen LogP contribution in [-0.2, 0) is 0 Å². The van der Waals surface area contributed by atoms with Gasteiger partial charge in [0.2, 0.25) is 5.13 Å². The van der Waals surface area contributed by atoms with Crippen LogP contribution < -0.4 is 14.8 Å². The highest BCUT2D eigenvalue weighted by Gasteiger charge is 2.17. The fourth-order valence-corrected chi connectivity index (χ4v) is 4.21. The number of rotatable bonds is 9. The van der Waals surface area contributed by atoms with Gasteiger partial charge in [-0.1, -0.05) is 36.8 Å². The van der Waals surface area contributed by atoms with Crippen LogP contribution in [0.4, 0.5) is 5.82 Å². The predicted octanol–water partition coefficient (Wildman–Crippen LogP) is 5.62. The number of para-hydroxylation sites is 1. The molecule has 0 fully saturated rings. The third-order valence-electron chi connectivity index (χ3n) is 4.79. The molecule has 0 bridgehead atoms. The van der Waals surface area contributed by atoms with Gasteiger partial charge in [0.25, 0.3) is 5.91 Å². The Balaban J connectivity index is 1.59. The molecule has 8 heteroatoms. The summed E-state index contributed by atoms with van der Waals surface area (Å²) in [4.78, 5) is 17.7. The molecule has 0 saturated carbocycles. The number of thiazole rings is 1. The molecule has 0 radical (unpaired) electrons. The first-order valence-corrected chi connectivity index (χ1v) is 11.5. The average Bonchev–Trinajstić information content (AvgIpc) is 3.38.